The molecule has 11 rings (SSSR count). The van der Waals surface area contributed by atoms with Crippen molar-refractivity contribution < 1.29 is 4.42 Å². The molecule has 0 saturated carbocycles. The van der Waals surface area contributed by atoms with Gasteiger partial charge in [0.15, 0.2) is 5.58 Å². The van der Waals surface area contributed by atoms with E-state index in [4.69, 9.17) is 4.42 Å². The van der Waals surface area contributed by atoms with Gasteiger partial charge in [0, 0.05) is 58.4 Å². The van der Waals surface area contributed by atoms with E-state index in [2.05, 4.69) is 154 Å². The Hall–Kier alpha value is -5.87. The minimum absolute atomic E-state index is 0.116. The molecular weight excluding hydrogens is 562 g/mol. The van der Waals surface area contributed by atoms with Crippen LogP contribution in [0.4, 0.5) is 22.7 Å². The first kappa shape index (κ1) is 24.5. The largest absolute Gasteiger partial charge is 0.454 e. The molecule has 0 radical (unpaired) electrons. The number of fused-ring (bicyclic) bond motifs is 9. The molecule has 0 spiro atoms. The highest BCUT2D eigenvalue weighted by molar-refractivity contribution is 6.14. The fourth-order valence-corrected chi connectivity index (χ4v) is 8.58. The predicted octanol–water partition coefficient (Wildman–Crippen LogP) is 9.41. The van der Waals surface area contributed by atoms with Crippen LogP contribution in [0.3, 0.4) is 0 Å². The van der Waals surface area contributed by atoms with Crippen molar-refractivity contribution in [1.82, 2.24) is 4.58 Å². The van der Waals surface area contributed by atoms with Gasteiger partial charge in [-0.15, -0.1) is 0 Å². The molecule has 5 aromatic rings. The number of para-hydroxylation sites is 5. The lowest BCUT2D eigenvalue weighted by atomic mass is 9.88. The third-order valence-corrected chi connectivity index (χ3v) is 10.4. The molecule has 46 heavy (non-hydrogen) atoms. The summed E-state index contributed by atoms with van der Waals surface area (Å²) in [6.45, 7) is 0. The molecule has 0 fully saturated rings. The van der Waals surface area contributed by atoms with Crippen LogP contribution in [-0.2, 0) is 0 Å². The third-order valence-electron chi connectivity index (χ3n) is 10.4. The molecule has 1 aromatic heterocycles. The van der Waals surface area contributed by atoms with Gasteiger partial charge in [-0.2, -0.15) is 4.58 Å². The number of allylic oxidation sites excluding steroid dienone is 7. The van der Waals surface area contributed by atoms with Crippen molar-refractivity contribution in [2.75, 3.05) is 9.80 Å². The molecule has 4 nitrogen and oxygen atoms in total. The molecule has 6 aliphatic rings. The Morgan fingerprint density at radius 2 is 1.54 bits per heavy atom. The number of hydrogen-bond donors (Lipinski definition) is 0. The lowest BCUT2D eigenvalue weighted by molar-refractivity contribution is 0.666. The van der Waals surface area contributed by atoms with Crippen LogP contribution in [0.5, 0.6) is 0 Å². The summed E-state index contributed by atoms with van der Waals surface area (Å²) in [5.41, 5.74) is 16.1. The van der Waals surface area contributed by atoms with Crippen molar-refractivity contribution in [3.05, 3.63) is 179 Å². The molecule has 0 N–H and O–H groups in total. The fraction of sp³-hybridized carbons (Fsp3) is 0.0714. The zero-order valence-electron chi connectivity index (χ0n) is 25.0. The van der Waals surface area contributed by atoms with Gasteiger partial charge in [-0.05, 0) is 41.0 Å². The van der Waals surface area contributed by atoms with Gasteiger partial charge in [-0.25, -0.2) is 0 Å². The zero-order valence-corrected chi connectivity index (χ0v) is 25.0. The molecule has 216 valence electrons. The van der Waals surface area contributed by atoms with Gasteiger partial charge in [-0.3, -0.25) is 0 Å². The van der Waals surface area contributed by atoms with Gasteiger partial charge in [0.25, 0.3) is 0 Å². The molecule has 3 aliphatic carbocycles. The number of benzene rings is 4. The van der Waals surface area contributed by atoms with Crippen LogP contribution in [-0.4, -0.2) is 17.8 Å². The molecule has 3 aliphatic heterocycles. The van der Waals surface area contributed by atoms with Crippen LogP contribution in [0.1, 0.15) is 6.42 Å². The Labute approximate surface area is 266 Å². The van der Waals surface area contributed by atoms with E-state index in [1.165, 1.54) is 56.5 Å². The maximum Gasteiger partial charge on any atom is 0.235 e. The van der Waals surface area contributed by atoms with E-state index in [0.717, 1.165) is 34.0 Å². The van der Waals surface area contributed by atoms with Crippen molar-refractivity contribution >= 4 is 50.4 Å². The van der Waals surface area contributed by atoms with Gasteiger partial charge in [-0.1, -0.05) is 97.1 Å². The first-order valence-corrected chi connectivity index (χ1v) is 16.1. The third kappa shape index (κ3) is 3.06. The summed E-state index contributed by atoms with van der Waals surface area (Å²) in [5, 5.41) is 2.31. The van der Waals surface area contributed by atoms with Crippen molar-refractivity contribution in [3.8, 4) is 0 Å². The molecule has 0 amide bonds. The van der Waals surface area contributed by atoms with E-state index in [0.29, 0.717) is 0 Å². The number of anilines is 2. The van der Waals surface area contributed by atoms with E-state index in [1.54, 1.807) is 0 Å². The fourth-order valence-electron chi connectivity index (χ4n) is 8.58. The van der Waals surface area contributed by atoms with E-state index < -0.39 is 0 Å². The van der Waals surface area contributed by atoms with Crippen LogP contribution < -0.4 is 14.4 Å². The normalized spacial score (nSPS) is 21.9. The molecular formula is C42H28N3O+. The molecule has 2 unspecified atom stereocenters. The first-order valence-electron chi connectivity index (χ1n) is 16.1. The smallest absolute Gasteiger partial charge is 0.235 e. The first-order chi connectivity index (χ1) is 22.8. The summed E-state index contributed by atoms with van der Waals surface area (Å²) in [6.07, 6.45) is 19.2. The molecule has 4 aromatic carbocycles. The monoisotopic (exact) mass is 590 g/mol. The van der Waals surface area contributed by atoms with Gasteiger partial charge in [0.1, 0.15) is 17.3 Å². The van der Waals surface area contributed by atoms with Crippen LogP contribution in [0.15, 0.2) is 184 Å². The Morgan fingerprint density at radius 3 is 2.50 bits per heavy atom. The molecule has 4 heteroatoms. The van der Waals surface area contributed by atoms with Crippen molar-refractivity contribution in [2.45, 2.75) is 18.5 Å². The lowest BCUT2D eigenvalue weighted by Crippen LogP contribution is -2.45. The lowest BCUT2D eigenvalue weighted by Gasteiger charge is -2.34. The van der Waals surface area contributed by atoms with E-state index in [9.17, 15) is 0 Å². The van der Waals surface area contributed by atoms with Crippen LogP contribution in [0, 0.1) is 0 Å². The quantitative estimate of drug-likeness (QED) is 0.191. The standard InChI is InChI=1S/C42H28N3O/c1-2-12-26(13-3-1)43-34-19-7-8-20-35(34)45-39-24-31-27-14-4-6-18-33(27)44(38(31)25-32(39)29-16-10-21-36(43)41(29)45)37-22-11-17-30-28-15-5-9-23-40(28)46-42(30)37/h1-23,25,33,41H,24H2/q+1. The SMILES string of the molecule is C1=CC2=C3CC4=C(C=C3N(c3cccc5c3oc3ccccc35)C2C=C1)C1=CC=CC2=[N+](c3ccccc3)c3ccccc3N4C12. The van der Waals surface area contributed by atoms with E-state index in [1.807, 2.05) is 6.07 Å². The second-order valence-corrected chi connectivity index (χ2v) is 12.6. The number of hydrogen-bond acceptors (Lipinski definition) is 3. The van der Waals surface area contributed by atoms with Gasteiger partial charge in [0.05, 0.1) is 11.7 Å². The van der Waals surface area contributed by atoms with Crippen LogP contribution in [0.2, 0.25) is 0 Å². The summed E-state index contributed by atoms with van der Waals surface area (Å²) in [5.74, 6) is 0. The highest BCUT2D eigenvalue weighted by Crippen LogP contribution is 2.55. The summed E-state index contributed by atoms with van der Waals surface area (Å²) < 4.78 is 9.05. The molecule has 0 saturated heterocycles. The summed E-state index contributed by atoms with van der Waals surface area (Å²) in [6, 6.07) is 34.9. The van der Waals surface area contributed by atoms with Crippen molar-refractivity contribution in [2.24, 2.45) is 0 Å². The Bertz CT molecular complexity index is 2460. The maximum absolute atomic E-state index is 6.60. The maximum atomic E-state index is 6.60. The topological polar surface area (TPSA) is 22.6 Å². The molecule has 2 atom stereocenters. The molecule has 4 heterocycles. The number of nitrogens with zero attached hydrogens (tertiary/aromatic N) is 3. The average Bonchev–Trinajstić information content (AvgIpc) is 3.76. The molecule has 0 bridgehead atoms. The van der Waals surface area contributed by atoms with Crippen molar-refractivity contribution in [1.29, 1.82) is 0 Å². The second kappa shape index (κ2) is 8.86. The van der Waals surface area contributed by atoms with Gasteiger partial charge >= 0.3 is 0 Å². The van der Waals surface area contributed by atoms with E-state index >= 15 is 0 Å². The Balaban J connectivity index is 1.14. The van der Waals surface area contributed by atoms with Crippen LogP contribution in [0.25, 0.3) is 21.9 Å². The Morgan fingerprint density at radius 1 is 0.717 bits per heavy atom. The van der Waals surface area contributed by atoms with Crippen molar-refractivity contribution in [3.63, 3.8) is 0 Å². The summed E-state index contributed by atoms with van der Waals surface area (Å²) in [4.78, 5) is 5.14. The average molecular weight is 591 g/mol. The zero-order chi connectivity index (χ0) is 29.9. The predicted molar refractivity (Wildman–Crippen MR) is 188 cm³/mol. The van der Waals surface area contributed by atoms with Crippen LogP contribution >= 0.6 is 0 Å². The highest BCUT2D eigenvalue weighted by Gasteiger charge is 2.51. The van der Waals surface area contributed by atoms with E-state index in [-0.39, 0.29) is 12.1 Å². The minimum atomic E-state index is 0.116. The summed E-state index contributed by atoms with van der Waals surface area (Å²) >= 11 is 0. The summed E-state index contributed by atoms with van der Waals surface area (Å²) in [7, 11) is 0. The second-order valence-electron chi connectivity index (χ2n) is 12.6. The Kier molecular flexibility index (Phi) is 4.71. The van der Waals surface area contributed by atoms with Gasteiger partial charge in [0.2, 0.25) is 17.1 Å². The highest BCUT2D eigenvalue weighted by atomic mass is 16.3. The van der Waals surface area contributed by atoms with Gasteiger partial charge < -0.3 is 14.2 Å². The number of rotatable bonds is 2. The number of furan rings is 1. The minimum Gasteiger partial charge on any atom is -0.454 e.